The highest BCUT2D eigenvalue weighted by atomic mass is 35.5. The first-order valence-corrected chi connectivity index (χ1v) is 14.8. The van der Waals surface area contributed by atoms with Crippen LogP contribution >= 0.6 is 23.2 Å². The Morgan fingerprint density at radius 3 is 2.39 bits per heavy atom. The van der Waals surface area contributed by atoms with Gasteiger partial charge in [0.25, 0.3) is 0 Å². The van der Waals surface area contributed by atoms with Crippen LogP contribution in [0.1, 0.15) is 23.0 Å². The van der Waals surface area contributed by atoms with Crippen LogP contribution in [0.3, 0.4) is 0 Å². The number of hydrogen-bond acceptors (Lipinski definition) is 5. The summed E-state index contributed by atoms with van der Waals surface area (Å²) >= 11 is 12.6. The lowest BCUT2D eigenvalue weighted by molar-refractivity contribution is 0.209. The number of H-pyrrole nitrogens is 1. The number of nitrogens with zero attached hydrogens (tertiary/aromatic N) is 1. The quantitative estimate of drug-likeness (QED) is 0.135. The fourth-order valence-electron chi connectivity index (χ4n) is 4.02. The van der Waals surface area contributed by atoms with Crippen molar-refractivity contribution in [1.29, 1.82) is 0 Å². The van der Waals surface area contributed by atoms with Crippen molar-refractivity contribution in [3.05, 3.63) is 99.9 Å². The second-order valence-corrected chi connectivity index (χ2v) is 11.6. The third-order valence-electron chi connectivity index (χ3n) is 5.81. The van der Waals surface area contributed by atoms with Crippen LogP contribution in [0.15, 0.2) is 72.8 Å². The first kappa shape index (κ1) is 29.7. The number of carbonyl (C=O) groups is 2. The molecule has 41 heavy (non-hydrogen) atoms. The average Bonchev–Trinajstić information content (AvgIpc) is 3.30. The highest BCUT2D eigenvalue weighted by Crippen LogP contribution is 2.29. The molecule has 0 aliphatic heterocycles. The zero-order valence-corrected chi connectivity index (χ0v) is 23.9. The second-order valence-electron chi connectivity index (χ2n) is 9.04. The van der Waals surface area contributed by atoms with Crippen molar-refractivity contribution in [3.63, 3.8) is 0 Å². The van der Waals surface area contributed by atoms with Crippen molar-refractivity contribution in [1.82, 2.24) is 20.6 Å². The molecule has 3 aromatic carbocycles. The summed E-state index contributed by atoms with van der Waals surface area (Å²) in [5.74, 6) is 0.402. The molecule has 1 aromatic heterocycles. The van der Waals surface area contributed by atoms with E-state index >= 15 is 0 Å². The van der Waals surface area contributed by atoms with E-state index in [2.05, 4.69) is 30.6 Å². The van der Waals surface area contributed by atoms with Crippen molar-refractivity contribution in [2.24, 2.45) is 0 Å². The Morgan fingerprint density at radius 1 is 1.02 bits per heavy atom. The van der Waals surface area contributed by atoms with E-state index in [-0.39, 0.29) is 11.7 Å². The van der Waals surface area contributed by atoms with Crippen molar-refractivity contribution in [2.75, 3.05) is 16.3 Å². The van der Waals surface area contributed by atoms with E-state index < -0.39 is 28.2 Å². The number of nitrogens with one attached hydrogen (secondary N) is 5. The van der Waals surface area contributed by atoms with E-state index in [1.165, 1.54) is 6.07 Å². The highest BCUT2D eigenvalue weighted by molar-refractivity contribution is 7.92. The van der Waals surface area contributed by atoms with Crippen LogP contribution < -0.4 is 20.7 Å². The minimum absolute atomic E-state index is 0.0107. The molecule has 0 fully saturated rings. The van der Waals surface area contributed by atoms with E-state index in [0.717, 1.165) is 11.8 Å². The fraction of sp³-hybridized carbons (Fsp3) is 0.148. The third-order valence-corrected chi connectivity index (χ3v) is 6.91. The van der Waals surface area contributed by atoms with Gasteiger partial charge in [-0.2, -0.15) is 0 Å². The van der Waals surface area contributed by atoms with Crippen LogP contribution in [-0.2, 0) is 23.0 Å². The zero-order valence-electron chi connectivity index (χ0n) is 21.6. The first-order valence-electron chi connectivity index (χ1n) is 12.2. The molecule has 214 valence electrons. The molecule has 1 unspecified atom stereocenters. The number of anilines is 2. The van der Waals surface area contributed by atoms with Gasteiger partial charge in [0.05, 0.1) is 18.0 Å². The summed E-state index contributed by atoms with van der Waals surface area (Å²) in [5.41, 5.74) is 3.17. The van der Waals surface area contributed by atoms with Crippen LogP contribution in [0.5, 0.6) is 0 Å². The average molecular weight is 618 g/mol. The lowest BCUT2D eigenvalue weighted by Gasteiger charge is -2.18. The lowest BCUT2D eigenvalue weighted by atomic mass is 10.1. The molecule has 11 nitrogen and oxygen atoms in total. The molecule has 0 bridgehead atoms. The molecule has 0 aliphatic carbocycles. The third kappa shape index (κ3) is 8.61. The summed E-state index contributed by atoms with van der Waals surface area (Å²) in [6.07, 6.45) is 0.241. The van der Waals surface area contributed by atoms with Crippen LogP contribution in [0.25, 0.3) is 11.3 Å². The molecular weight excluding hydrogens is 591 g/mol. The molecule has 0 spiro atoms. The summed E-state index contributed by atoms with van der Waals surface area (Å²) in [5, 5.41) is 17.5. The zero-order chi connectivity index (χ0) is 29.6. The standard InChI is InChI=1S/C27H26Cl2N6O5S/c1-41(39,40)35-21-12-9-19(28)14-18(21)15-30-26(36)32-22(13-16-5-3-2-4-6-16)25-33-23(24(29)34-25)17-7-10-20(11-8-17)31-27(37)38/h2-12,14,22,31,35H,13,15H2,1H3,(H,33,34)(H,37,38)(H2,30,32,36). The van der Waals surface area contributed by atoms with Crippen molar-refractivity contribution >= 4 is 56.7 Å². The number of hydrogen-bond donors (Lipinski definition) is 6. The number of aromatic nitrogens is 2. The van der Waals surface area contributed by atoms with Crippen molar-refractivity contribution in [2.45, 2.75) is 19.0 Å². The molecule has 0 saturated heterocycles. The number of halogens is 2. The molecule has 0 aliphatic rings. The number of benzene rings is 3. The van der Waals surface area contributed by atoms with E-state index in [9.17, 15) is 18.0 Å². The number of urea groups is 1. The van der Waals surface area contributed by atoms with Crippen LogP contribution in [0.4, 0.5) is 21.0 Å². The largest absolute Gasteiger partial charge is 0.465 e. The minimum Gasteiger partial charge on any atom is -0.465 e. The first-order chi connectivity index (χ1) is 19.5. The van der Waals surface area contributed by atoms with Gasteiger partial charge in [0.15, 0.2) is 0 Å². The number of amides is 3. The Hall–Kier alpha value is -4.26. The molecule has 3 amide bonds. The number of imidazole rings is 1. The summed E-state index contributed by atoms with van der Waals surface area (Å²) in [4.78, 5) is 31.6. The van der Waals surface area contributed by atoms with Gasteiger partial charge in [-0.1, -0.05) is 65.7 Å². The molecule has 14 heteroatoms. The van der Waals surface area contributed by atoms with E-state index in [4.69, 9.17) is 28.3 Å². The monoisotopic (exact) mass is 616 g/mol. The summed E-state index contributed by atoms with van der Waals surface area (Å²) in [6, 6.07) is 19.5. The van der Waals surface area contributed by atoms with Gasteiger partial charge in [0, 0.05) is 22.8 Å². The van der Waals surface area contributed by atoms with Gasteiger partial charge in [0.2, 0.25) is 10.0 Å². The molecule has 4 rings (SSSR count). The van der Waals surface area contributed by atoms with Crippen LogP contribution in [0, 0.1) is 0 Å². The van der Waals surface area contributed by atoms with Crippen molar-refractivity contribution in [3.8, 4) is 11.3 Å². The van der Waals surface area contributed by atoms with Gasteiger partial charge in [-0.05, 0) is 47.9 Å². The number of carboxylic acid groups (broad SMARTS) is 1. The predicted octanol–water partition coefficient (Wildman–Crippen LogP) is 5.63. The molecule has 6 N–H and O–H groups in total. The Labute approximate surface area is 246 Å². The summed E-state index contributed by atoms with van der Waals surface area (Å²) < 4.78 is 25.9. The smallest absolute Gasteiger partial charge is 0.409 e. The van der Waals surface area contributed by atoms with Gasteiger partial charge < -0.3 is 20.7 Å². The van der Waals surface area contributed by atoms with Crippen LogP contribution in [0.2, 0.25) is 10.2 Å². The minimum atomic E-state index is -3.55. The molecule has 1 heterocycles. The number of rotatable bonds is 10. The normalized spacial score (nSPS) is 11.9. The molecule has 4 aromatic rings. The Kier molecular flexibility index (Phi) is 9.38. The maximum Gasteiger partial charge on any atom is 0.409 e. The van der Waals surface area contributed by atoms with Gasteiger partial charge in [-0.3, -0.25) is 10.0 Å². The molecule has 0 saturated carbocycles. The van der Waals surface area contributed by atoms with Crippen molar-refractivity contribution < 1.29 is 23.1 Å². The van der Waals surface area contributed by atoms with Gasteiger partial charge in [-0.25, -0.2) is 23.0 Å². The predicted molar refractivity (Wildman–Crippen MR) is 159 cm³/mol. The second kappa shape index (κ2) is 12.9. The summed E-state index contributed by atoms with van der Waals surface area (Å²) in [6.45, 7) is -0.0107. The topological polar surface area (TPSA) is 165 Å². The molecule has 1 atom stereocenters. The van der Waals surface area contributed by atoms with Crippen LogP contribution in [-0.4, -0.2) is 41.9 Å². The molecular formula is C27H26Cl2N6O5S. The number of sulfonamides is 1. The van der Waals surface area contributed by atoms with Gasteiger partial charge in [0.1, 0.15) is 16.7 Å². The van der Waals surface area contributed by atoms with E-state index in [1.807, 2.05) is 30.3 Å². The maximum absolute atomic E-state index is 13.0. The lowest BCUT2D eigenvalue weighted by Crippen LogP contribution is -2.39. The SMILES string of the molecule is CS(=O)(=O)Nc1ccc(Cl)cc1CNC(=O)NC(Cc1ccccc1)c1nc(-c2ccc(NC(=O)O)cc2)c(Cl)[nH]1. The highest BCUT2D eigenvalue weighted by Gasteiger charge is 2.22. The number of aromatic amines is 1. The van der Waals surface area contributed by atoms with E-state index in [1.54, 1.807) is 36.4 Å². The number of carbonyl (C=O) groups excluding carboxylic acids is 1. The molecule has 0 radical (unpaired) electrons. The van der Waals surface area contributed by atoms with Gasteiger partial charge in [-0.15, -0.1) is 0 Å². The Bertz CT molecular complexity index is 1650. The fourth-order valence-corrected chi connectivity index (χ4v) is 5.06. The van der Waals surface area contributed by atoms with E-state index in [0.29, 0.717) is 45.5 Å². The maximum atomic E-state index is 13.0. The Morgan fingerprint density at radius 2 is 1.73 bits per heavy atom. The van der Waals surface area contributed by atoms with Gasteiger partial charge >= 0.3 is 12.1 Å². The summed E-state index contributed by atoms with van der Waals surface area (Å²) in [7, 11) is -3.55. The Balaban J connectivity index is 1.54.